The second-order valence-corrected chi connectivity index (χ2v) is 9.02. The van der Waals surface area contributed by atoms with Crippen LogP contribution in [0.25, 0.3) is 0 Å². The monoisotopic (exact) mass is 418 g/mol. The fourth-order valence-electron chi connectivity index (χ4n) is 4.90. The predicted molar refractivity (Wildman–Crippen MR) is 113 cm³/mol. The molecule has 0 spiro atoms. The fraction of sp³-hybridized carbons (Fsp3) is 0.667. The number of rotatable bonds is 4. The first-order chi connectivity index (χ1) is 14.2. The highest BCUT2D eigenvalue weighted by atomic mass is 16.6. The van der Waals surface area contributed by atoms with Crippen molar-refractivity contribution in [2.45, 2.75) is 65.0 Å². The van der Waals surface area contributed by atoms with Crippen molar-refractivity contribution in [3.63, 3.8) is 0 Å². The molecule has 1 N–H and O–H groups in total. The highest BCUT2D eigenvalue weighted by Gasteiger charge is 2.43. The van der Waals surface area contributed by atoms with Gasteiger partial charge in [-0.05, 0) is 51.2 Å². The van der Waals surface area contributed by atoms with Crippen molar-refractivity contribution in [1.29, 1.82) is 0 Å². The number of ether oxygens (including phenoxy) is 3. The Hall–Kier alpha value is -1.76. The largest absolute Gasteiger partial charge is 0.457 e. The van der Waals surface area contributed by atoms with Gasteiger partial charge in [0.25, 0.3) is 0 Å². The molecule has 1 aliphatic carbocycles. The molecule has 166 valence electrons. The molecular weight excluding hydrogens is 384 g/mol. The summed E-state index contributed by atoms with van der Waals surface area (Å²) in [4.78, 5) is 25.1. The molecule has 0 aromatic carbocycles. The van der Waals surface area contributed by atoms with E-state index in [1.165, 1.54) is 12.7 Å². The van der Waals surface area contributed by atoms with Crippen molar-refractivity contribution in [3.05, 3.63) is 35.5 Å². The van der Waals surface area contributed by atoms with E-state index in [1.807, 2.05) is 19.9 Å². The van der Waals surface area contributed by atoms with Gasteiger partial charge in [-0.25, -0.2) is 4.79 Å². The van der Waals surface area contributed by atoms with Gasteiger partial charge in [-0.2, -0.15) is 0 Å². The summed E-state index contributed by atoms with van der Waals surface area (Å²) in [7, 11) is 1.50. The molecule has 0 radical (unpaired) electrons. The Bertz CT molecular complexity index is 749. The molecule has 0 saturated carbocycles. The molecule has 1 fully saturated rings. The topological polar surface area (TPSA) is 82.1 Å². The third kappa shape index (κ3) is 4.93. The van der Waals surface area contributed by atoms with Crippen LogP contribution in [-0.4, -0.2) is 55.0 Å². The summed E-state index contributed by atoms with van der Waals surface area (Å²) in [5.41, 5.74) is 1.96. The minimum Gasteiger partial charge on any atom is -0.457 e. The van der Waals surface area contributed by atoms with Gasteiger partial charge in [-0.3, -0.25) is 4.79 Å². The number of carbonyl (C=O) groups is 2. The first-order valence-corrected chi connectivity index (χ1v) is 10.8. The van der Waals surface area contributed by atoms with Crippen molar-refractivity contribution < 1.29 is 28.9 Å². The molecule has 3 rings (SSSR count). The lowest BCUT2D eigenvalue weighted by Crippen LogP contribution is -2.39. The fourth-order valence-corrected chi connectivity index (χ4v) is 4.90. The third-order valence-corrected chi connectivity index (χ3v) is 6.50. The number of aliphatic hydroxyl groups is 1. The summed E-state index contributed by atoms with van der Waals surface area (Å²) in [5, 5.41) is 10.1. The van der Waals surface area contributed by atoms with E-state index < -0.39 is 24.3 Å². The van der Waals surface area contributed by atoms with Gasteiger partial charge in [0.1, 0.15) is 6.10 Å². The summed E-state index contributed by atoms with van der Waals surface area (Å²) in [5.74, 6) is -0.416. The maximum absolute atomic E-state index is 12.7. The lowest BCUT2D eigenvalue weighted by Gasteiger charge is -2.30. The lowest BCUT2D eigenvalue weighted by molar-refractivity contribution is -0.169. The Kier molecular flexibility index (Phi) is 7.32. The number of fused-ring (bicyclic) bond motifs is 2. The van der Waals surface area contributed by atoms with E-state index in [2.05, 4.69) is 25.2 Å². The van der Waals surface area contributed by atoms with Gasteiger partial charge in [0.05, 0.1) is 24.7 Å². The SMILES string of the molecule is CO[C@H]1C[C@@H](/C=C\[C@H]2[C@@H]3C=C(C)C(=O)[C@H]2CO3)C/C(C)=C/[C@@H](C)[C@@H]([C@@H](C)O)OC1=O. The number of allylic oxidation sites excluding steroid dienone is 3. The zero-order chi connectivity index (χ0) is 22.0. The average molecular weight is 419 g/mol. The molecular formula is C24H34O6. The number of Topliss-reactive ketones (excluding diaryl/α,β-unsaturated/α-hetero) is 1. The van der Waals surface area contributed by atoms with Gasteiger partial charge in [-0.1, -0.05) is 30.7 Å². The Morgan fingerprint density at radius 2 is 1.97 bits per heavy atom. The van der Waals surface area contributed by atoms with Gasteiger partial charge in [-0.15, -0.1) is 0 Å². The van der Waals surface area contributed by atoms with E-state index in [0.29, 0.717) is 13.0 Å². The zero-order valence-electron chi connectivity index (χ0n) is 18.5. The minimum atomic E-state index is -0.767. The molecule has 2 bridgehead atoms. The number of carbonyl (C=O) groups excluding carboxylic acids is 2. The van der Waals surface area contributed by atoms with Crippen LogP contribution in [0.4, 0.5) is 0 Å². The summed E-state index contributed by atoms with van der Waals surface area (Å²) in [6.45, 7) is 7.95. The van der Waals surface area contributed by atoms with Crippen LogP contribution >= 0.6 is 0 Å². The molecule has 2 aliphatic heterocycles. The first-order valence-electron chi connectivity index (χ1n) is 10.8. The van der Waals surface area contributed by atoms with Gasteiger partial charge in [0.2, 0.25) is 0 Å². The molecule has 8 atom stereocenters. The normalized spacial score (nSPS) is 40.5. The maximum Gasteiger partial charge on any atom is 0.335 e. The van der Waals surface area contributed by atoms with Crippen molar-refractivity contribution >= 4 is 11.8 Å². The van der Waals surface area contributed by atoms with Crippen LogP contribution in [0.3, 0.4) is 0 Å². The number of hydrogen-bond acceptors (Lipinski definition) is 6. The molecule has 0 unspecified atom stereocenters. The Balaban J connectivity index is 1.82. The van der Waals surface area contributed by atoms with Crippen LogP contribution in [-0.2, 0) is 23.8 Å². The molecule has 0 amide bonds. The van der Waals surface area contributed by atoms with E-state index in [4.69, 9.17) is 14.2 Å². The number of ketones is 1. The van der Waals surface area contributed by atoms with Crippen LogP contribution in [0.5, 0.6) is 0 Å². The highest BCUT2D eigenvalue weighted by molar-refractivity contribution is 5.98. The van der Waals surface area contributed by atoms with E-state index in [-0.39, 0.29) is 35.6 Å². The van der Waals surface area contributed by atoms with E-state index >= 15 is 0 Å². The first kappa shape index (κ1) is 22.9. The number of hydrogen-bond donors (Lipinski definition) is 1. The van der Waals surface area contributed by atoms with Crippen LogP contribution in [0, 0.1) is 23.7 Å². The van der Waals surface area contributed by atoms with Gasteiger partial charge >= 0.3 is 5.97 Å². The van der Waals surface area contributed by atoms with E-state index in [1.54, 1.807) is 6.92 Å². The summed E-state index contributed by atoms with van der Waals surface area (Å²) >= 11 is 0. The molecule has 0 aromatic heterocycles. The second-order valence-electron chi connectivity index (χ2n) is 9.02. The average Bonchev–Trinajstić information content (AvgIpc) is 3.01. The molecule has 30 heavy (non-hydrogen) atoms. The van der Waals surface area contributed by atoms with Crippen LogP contribution in [0.2, 0.25) is 0 Å². The lowest BCUT2D eigenvalue weighted by atomic mass is 9.79. The van der Waals surface area contributed by atoms with E-state index in [9.17, 15) is 14.7 Å². The standard InChI is InChI=1S/C24H34O6/c1-13-8-15(3)23(16(4)25)30-24(27)21(28-5)11-17(9-13)6-7-18-19-12-29-20(18)10-14(2)22(19)26/h6-8,10,15-21,23,25H,9,11-12H2,1-5H3/b7-6-,13-8+/t15-,16-,17+,18-,19+,20+,21+,23+/m1/s1. The molecule has 1 saturated heterocycles. The van der Waals surface area contributed by atoms with Crippen molar-refractivity contribution in [2.75, 3.05) is 13.7 Å². The second kappa shape index (κ2) is 9.58. The molecule has 0 aromatic rings. The summed E-state index contributed by atoms with van der Waals surface area (Å²) in [6, 6.07) is 0. The molecule has 2 heterocycles. The van der Waals surface area contributed by atoms with Gasteiger partial charge in [0.15, 0.2) is 11.9 Å². The van der Waals surface area contributed by atoms with Gasteiger partial charge < -0.3 is 19.3 Å². The quantitative estimate of drug-likeness (QED) is 0.558. The number of methoxy groups -OCH3 is 1. The summed E-state index contributed by atoms with van der Waals surface area (Å²) in [6.07, 6.45) is 7.30. The Morgan fingerprint density at radius 1 is 1.23 bits per heavy atom. The van der Waals surface area contributed by atoms with Crippen molar-refractivity contribution in [1.82, 2.24) is 0 Å². The van der Waals surface area contributed by atoms with Crippen LogP contribution in [0.15, 0.2) is 35.5 Å². The van der Waals surface area contributed by atoms with Crippen LogP contribution in [0.1, 0.15) is 40.5 Å². The molecule has 6 nitrogen and oxygen atoms in total. The number of cyclic esters (lactones) is 1. The summed E-state index contributed by atoms with van der Waals surface area (Å²) < 4.78 is 16.9. The zero-order valence-corrected chi connectivity index (χ0v) is 18.5. The number of esters is 1. The van der Waals surface area contributed by atoms with Crippen molar-refractivity contribution in [2.24, 2.45) is 23.7 Å². The van der Waals surface area contributed by atoms with Crippen molar-refractivity contribution in [3.8, 4) is 0 Å². The Labute approximate surface area is 179 Å². The van der Waals surface area contributed by atoms with E-state index in [0.717, 1.165) is 12.0 Å². The Morgan fingerprint density at radius 3 is 2.63 bits per heavy atom. The minimum absolute atomic E-state index is 0.0346. The number of aliphatic hydroxyl groups excluding tert-OH is 1. The van der Waals surface area contributed by atoms with Crippen LogP contribution < -0.4 is 0 Å². The molecule has 6 heteroatoms. The van der Waals surface area contributed by atoms with Gasteiger partial charge in [0, 0.05) is 18.9 Å². The smallest absolute Gasteiger partial charge is 0.335 e. The predicted octanol–water partition coefficient (Wildman–Crippen LogP) is 3.00. The third-order valence-electron chi connectivity index (χ3n) is 6.50. The molecule has 3 aliphatic rings. The maximum atomic E-state index is 12.7. The highest BCUT2D eigenvalue weighted by Crippen LogP contribution is 2.37.